The highest BCUT2D eigenvalue weighted by Crippen LogP contribution is 2.36. The first-order valence-corrected chi connectivity index (χ1v) is 12.4. The second-order valence-electron chi connectivity index (χ2n) is 8.92. The van der Waals surface area contributed by atoms with Gasteiger partial charge < -0.3 is 10.3 Å². The molecule has 11 heteroatoms. The molecule has 0 bridgehead atoms. The van der Waals surface area contributed by atoms with Gasteiger partial charge in [-0.25, -0.2) is 9.37 Å². The summed E-state index contributed by atoms with van der Waals surface area (Å²) < 4.78 is 28.8. The molecule has 0 spiro atoms. The van der Waals surface area contributed by atoms with Gasteiger partial charge in [-0.2, -0.15) is 9.49 Å². The summed E-state index contributed by atoms with van der Waals surface area (Å²) in [7, 11) is 0. The molecule has 182 valence electrons. The van der Waals surface area contributed by atoms with Crippen molar-refractivity contribution in [2.75, 3.05) is 5.32 Å². The first-order valence-electron chi connectivity index (χ1n) is 11.6. The topological polar surface area (TPSA) is 112 Å². The van der Waals surface area contributed by atoms with Crippen molar-refractivity contribution >= 4 is 44.9 Å². The van der Waals surface area contributed by atoms with Crippen molar-refractivity contribution in [3.8, 4) is 33.2 Å². The summed E-state index contributed by atoms with van der Waals surface area (Å²) in [6.45, 7) is 0. The first-order chi connectivity index (χ1) is 18.0. The maximum Gasteiger partial charge on any atom is 0.227 e. The Hall–Kier alpha value is -4.51. The number of H-pyrrole nitrogens is 2. The van der Waals surface area contributed by atoms with Crippen LogP contribution in [0.1, 0.15) is 12.8 Å². The number of aromatic nitrogens is 6. The first kappa shape index (κ1) is 21.7. The molecule has 0 saturated heterocycles. The lowest BCUT2D eigenvalue weighted by molar-refractivity contribution is -0.117. The monoisotopic (exact) mass is 513 g/mol. The van der Waals surface area contributed by atoms with Crippen LogP contribution in [-0.4, -0.2) is 36.0 Å². The summed E-state index contributed by atoms with van der Waals surface area (Å²) in [6, 6.07) is 9.62. The van der Waals surface area contributed by atoms with Crippen LogP contribution in [0, 0.1) is 16.9 Å². The lowest BCUT2D eigenvalue weighted by atomic mass is 10.0. The number of nitrogens with zero attached hydrogens (tertiary/aromatic N) is 4. The van der Waals surface area contributed by atoms with Gasteiger partial charge in [0.25, 0.3) is 0 Å². The zero-order chi connectivity index (χ0) is 25.1. The van der Waals surface area contributed by atoms with Gasteiger partial charge in [-0.3, -0.25) is 19.9 Å². The fourth-order valence-electron chi connectivity index (χ4n) is 4.35. The van der Waals surface area contributed by atoms with Crippen LogP contribution in [0.15, 0.2) is 55.0 Å². The molecule has 5 aromatic heterocycles. The van der Waals surface area contributed by atoms with Crippen molar-refractivity contribution in [1.29, 1.82) is 0 Å². The number of amides is 1. The smallest absolute Gasteiger partial charge is 0.227 e. The summed E-state index contributed by atoms with van der Waals surface area (Å²) >= 11 is 0.997. The number of anilines is 1. The van der Waals surface area contributed by atoms with E-state index in [1.807, 2.05) is 0 Å². The molecule has 1 fully saturated rings. The van der Waals surface area contributed by atoms with Crippen molar-refractivity contribution in [2.45, 2.75) is 12.8 Å². The summed E-state index contributed by atoms with van der Waals surface area (Å²) in [6.07, 6.45) is 6.50. The van der Waals surface area contributed by atoms with Gasteiger partial charge in [-0.15, -0.1) is 11.3 Å². The third-order valence-electron chi connectivity index (χ3n) is 6.35. The van der Waals surface area contributed by atoms with E-state index in [9.17, 15) is 9.18 Å². The molecule has 7 rings (SSSR count). The molecule has 0 aliphatic heterocycles. The predicted molar refractivity (Wildman–Crippen MR) is 137 cm³/mol. The molecule has 37 heavy (non-hydrogen) atoms. The van der Waals surface area contributed by atoms with Crippen LogP contribution in [0.4, 0.5) is 14.5 Å². The van der Waals surface area contributed by atoms with Gasteiger partial charge in [0, 0.05) is 40.9 Å². The van der Waals surface area contributed by atoms with Crippen LogP contribution in [0.2, 0.25) is 0 Å². The van der Waals surface area contributed by atoms with Gasteiger partial charge in [0.2, 0.25) is 5.91 Å². The highest BCUT2D eigenvalue weighted by molar-refractivity contribution is 7.13. The minimum atomic E-state index is -0.453. The van der Waals surface area contributed by atoms with E-state index < -0.39 is 5.82 Å². The van der Waals surface area contributed by atoms with Crippen LogP contribution in [0.5, 0.6) is 0 Å². The number of aromatic amines is 2. The van der Waals surface area contributed by atoms with Crippen molar-refractivity contribution in [1.82, 2.24) is 30.1 Å². The summed E-state index contributed by atoms with van der Waals surface area (Å²) in [5.41, 5.74) is 4.23. The second-order valence-corrected chi connectivity index (χ2v) is 9.95. The standard InChI is InChI=1S/C26H17F2N7OS/c27-17-9-19-16(8-15(17)13-7-14(11-29-10-13)31-26(36)12-1-2-12)22(35-34-19)25-32-18-5-6-30-24(23(18)33-25)20-3-4-21(28)37-20/h3-12H,1-2H2,(H,31,36)(H,32,33)(H,34,35). The predicted octanol–water partition coefficient (Wildman–Crippen LogP) is 5.92. The Kier molecular flexibility index (Phi) is 4.86. The average molecular weight is 514 g/mol. The van der Waals surface area contributed by atoms with E-state index >= 15 is 4.39 Å². The number of rotatable bonds is 5. The Labute approximate surface area is 211 Å². The highest BCUT2D eigenvalue weighted by atomic mass is 32.1. The van der Waals surface area contributed by atoms with Gasteiger partial charge in [-0.1, -0.05) is 0 Å². The van der Waals surface area contributed by atoms with E-state index in [1.165, 1.54) is 12.1 Å². The van der Waals surface area contributed by atoms with Gasteiger partial charge in [0.1, 0.15) is 22.7 Å². The van der Waals surface area contributed by atoms with Crippen LogP contribution in [0.3, 0.4) is 0 Å². The third kappa shape index (κ3) is 3.84. The molecule has 1 aliphatic rings. The molecule has 6 aromatic rings. The number of hydrogen-bond acceptors (Lipinski definition) is 6. The highest BCUT2D eigenvalue weighted by Gasteiger charge is 2.29. The number of fused-ring (bicyclic) bond motifs is 2. The van der Waals surface area contributed by atoms with Gasteiger partial charge in [0.15, 0.2) is 11.0 Å². The van der Waals surface area contributed by atoms with Crippen LogP contribution >= 0.6 is 11.3 Å². The Morgan fingerprint density at radius 1 is 1.05 bits per heavy atom. The molecule has 1 amide bonds. The SMILES string of the molecule is O=C(Nc1cncc(-c2cc3c(-c4nc5c(-c6ccc(F)s6)nccc5[nH]4)n[nH]c3cc2F)c1)C1CC1. The molecule has 8 nitrogen and oxygen atoms in total. The molecule has 0 radical (unpaired) electrons. The van der Waals surface area contributed by atoms with E-state index in [1.54, 1.807) is 42.9 Å². The van der Waals surface area contributed by atoms with E-state index in [-0.39, 0.29) is 17.0 Å². The number of halogens is 2. The van der Waals surface area contributed by atoms with E-state index in [0.29, 0.717) is 55.3 Å². The molecule has 0 atom stereocenters. The number of imidazole rings is 1. The number of nitrogens with one attached hydrogen (secondary N) is 3. The normalized spacial score (nSPS) is 13.5. The largest absolute Gasteiger partial charge is 0.336 e. The summed E-state index contributed by atoms with van der Waals surface area (Å²) in [5.74, 6) is 0.0132. The lowest BCUT2D eigenvalue weighted by Gasteiger charge is -2.08. The fourth-order valence-corrected chi connectivity index (χ4v) is 5.08. The molecular formula is C26H17F2N7OS. The molecule has 0 unspecified atom stereocenters. The van der Waals surface area contributed by atoms with Gasteiger partial charge in [0.05, 0.1) is 27.8 Å². The van der Waals surface area contributed by atoms with E-state index in [4.69, 9.17) is 4.98 Å². The Balaban J connectivity index is 1.31. The molecule has 5 heterocycles. The number of thiophene rings is 1. The number of carbonyl (C=O) groups is 1. The minimum Gasteiger partial charge on any atom is -0.336 e. The van der Waals surface area contributed by atoms with Crippen LogP contribution < -0.4 is 5.32 Å². The summed E-state index contributed by atoms with van der Waals surface area (Å²) in [4.78, 5) is 29.4. The summed E-state index contributed by atoms with van der Waals surface area (Å²) in [5, 5.41) is 10.5. The van der Waals surface area contributed by atoms with Gasteiger partial charge >= 0.3 is 0 Å². The number of benzene rings is 1. The quantitative estimate of drug-likeness (QED) is 0.265. The molecule has 1 aromatic carbocycles. The fraction of sp³-hybridized carbons (Fsp3) is 0.115. The molecule has 3 N–H and O–H groups in total. The van der Waals surface area contributed by atoms with Crippen LogP contribution in [0.25, 0.3) is 55.2 Å². The minimum absolute atomic E-state index is 0.0450. The molecular weight excluding hydrogens is 496 g/mol. The third-order valence-corrected chi connectivity index (χ3v) is 7.23. The number of pyridine rings is 2. The Morgan fingerprint density at radius 2 is 1.95 bits per heavy atom. The zero-order valence-corrected chi connectivity index (χ0v) is 19.9. The van der Waals surface area contributed by atoms with Crippen LogP contribution in [-0.2, 0) is 4.79 Å². The Bertz CT molecular complexity index is 1840. The van der Waals surface area contributed by atoms with Crippen molar-refractivity contribution < 1.29 is 13.6 Å². The van der Waals surface area contributed by atoms with E-state index in [2.05, 4.69) is 30.5 Å². The van der Waals surface area contributed by atoms with E-state index in [0.717, 1.165) is 29.7 Å². The van der Waals surface area contributed by atoms with Crippen molar-refractivity contribution in [3.63, 3.8) is 0 Å². The zero-order valence-electron chi connectivity index (χ0n) is 19.0. The maximum atomic E-state index is 15.1. The van der Waals surface area contributed by atoms with Crippen molar-refractivity contribution in [3.05, 3.63) is 65.9 Å². The molecule has 1 saturated carbocycles. The molecule has 1 aliphatic carbocycles. The second kappa shape index (κ2) is 8.27. The lowest BCUT2D eigenvalue weighted by Crippen LogP contribution is -2.13. The Morgan fingerprint density at radius 3 is 2.76 bits per heavy atom. The van der Waals surface area contributed by atoms with Gasteiger partial charge in [-0.05, 0) is 43.2 Å². The maximum absolute atomic E-state index is 15.1. The average Bonchev–Trinajstić information content (AvgIpc) is 3.31. The van der Waals surface area contributed by atoms with Crippen molar-refractivity contribution in [2.24, 2.45) is 5.92 Å². The number of carbonyl (C=O) groups excluding carboxylic acids is 1. The number of hydrogen-bond donors (Lipinski definition) is 3.